The van der Waals surface area contributed by atoms with Crippen molar-refractivity contribution >= 4 is 5.91 Å². The molecular formula is C11H20N4O2. The van der Waals surface area contributed by atoms with Crippen molar-refractivity contribution < 1.29 is 9.90 Å². The summed E-state index contributed by atoms with van der Waals surface area (Å²) in [6.45, 7) is 5.03. The van der Waals surface area contributed by atoms with Crippen LogP contribution in [0.2, 0.25) is 0 Å². The summed E-state index contributed by atoms with van der Waals surface area (Å²) in [6, 6.07) is 0. The molecule has 0 fully saturated rings. The number of aromatic nitrogens is 2. The van der Waals surface area contributed by atoms with Crippen LogP contribution in [-0.2, 0) is 17.9 Å². The van der Waals surface area contributed by atoms with Crippen LogP contribution >= 0.6 is 0 Å². The highest BCUT2D eigenvalue weighted by molar-refractivity contribution is 5.74. The normalized spacial score (nSPS) is 11.7. The predicted molar refractivity (Wildman–Crippen MR) is 64.0 cm³/mol. The molecule has 0 atom stereocenters. The van der Waals surface area contributed by atoms with Crippen molar-refractivity contribution in [1.82, 2.24) is 15.1 Å². The first kappa shape index (κ1) is 13.7. The van der Waals surface area contributed by atoms with E-state index < -0.39 is 0 Å². The Balaban J connectivity index is 2.46. The Morgan fingerprint density at radius 1 is 1.65 bits per heavy atom. The van der Waals surface area contributed by atoms with Crippen molar-refractivity contribution in [2.45, 2.75) is 38.9 Å². The molecule has 0 bridgehead atoms. The Bertz CT molecular complexity index is 373. The molecule has 0 aliphatic carbocycles. The van der Waals surface area contributed by atoms with E-state index in [1.165, 1.54) is 0 Å². The first-order valence-electron chi connectivity index (χ1n) is 5.58. The van der Waals surface area contributed by atoms with Gasteiger partial charge in [0.05, 0.1) is 19.3 Å². The highest BCUT2D eigenvalue weighted by Crippen LogP contribution is 2.09. The summed E-state index contributed by atoms with van der Waals surface area (Å²) >= 11 is 0. The molecule has 4 N–H and O–H groups in total. The van der Waals surface area contributed by atoms with Crippen LogP contribution in [0.1, 0.15) is 25.8 Å². The summed E-state index contributed by atoms with van der Waals surface area (Å²) in [7, 11) is 0. The van der Waals surface area contributed by atoms with Crippen LogP contribution in [0.25, 0.3) is 0 Å². The maximum atomic E-state index is 10.9. The van der Waals surface area contributed by atoms with Gasteiger partial charge in [0, 0.05) is 30.3 Å². The minimum absolute atomic E-state index is 0.0711. The quantitative estimate of drug-likeness (QED) is 0.605. The third-order valence-electron chi connectivity index (χ3n) is 2.40. The lowest BCUT2D eigenvalue weighted by Crippen LogP contribution is -2.42. The van der Waals surface area contributed by atoms with Crippen molar-refractivity contribution in [2.24, 2.45) is 5.73 Å². The van der Waals surface area contributed by atoms with Crippen LogP contribution in [0, 0.1) is 0 Å². The third-order valence-corrected chi connectivity index (χ3v) is 2.40. The number of rotatable bonds is 7. The van der Waals surface area contributed by atoms with E-state index in [4.69, 9.17) is 10.8 Å². The lowest BCUT2D eigenvalue weighted by Gasteiger charge is -2.24. The summed E-state index contributed by atoms with van der Waals surface area (Å²) < 4.78 is 1.68. The van der Waals surface area contributed by atoms with E-state index in [0.29, 0.717) is 13.1 Å². The molecular weight excluding hydrogens is 220 g/mol. The number of hydrogen-bond acceptors (Lipinski definition) is 4. The molecule has 0 aromatic carbocycles. The summed E-state index contributed by atoms with van der Waals surface area (Å²) in [5.74, 6) is -0.321. The first-order chi connectivity index (χ1) is 7.93. The van der Waals surface area contributed by atoms with Crippen molar-refractivity contribution in [1.29, 1.82) is 0 Å². The number of amides is 1. The Kier molecular flexibility index (Phi) is 4.65. The van der Waals surface area contributed by atoms with Crippen LogP contribution in [-0.4, -0.2) is 32.9 Å². The number of aliphatic hydroxyl groups excluding tert-OH is 1. The van der Waals surface area contributed by atoms with Gasteiger partial charge in [-0.15, -0.1) is 0 Å². The molecule has 0 saturated heterocycles. The van der Waals surface area contributed by atoms with Gasteiger partial charge in [-0.3, -0.25) is 9.48 Å². The molecule has 0 unspecified atom stereocenters. The molecule has 0 radical (unpaired) electrons. The fraction of sp³-hybridized carbons (Fsp3) is 0.636. The fourth-order valence-electron chi connectivity index (χ4n) is 1.56. The van der Waals surface area contributed by atoms with Gasteiger partial charge >= 0.3 is 0 Å². The van der Waals surface area contributed by atoms with Gasteiger partial charge in [0.25, 0.3) is 0 Å². The molecule has 0 saturated carbocycles. The Morgan fingerprint density at radius 3 is 2.94 bits per heavy atom. The molecule has 1 heterocycles. The number of primary amides is 1. The molecule has 1 rings (SSSR count). The SMILES string of the molecule is CC(C)(CC(N)=O)NCc1cnn(CCO)c1. The van der Waals surface area contributed by atoms with Crippen molar-refractivity contribution in [3.05, 3.63) is 18.0 Å². The van der Waals surface area contributed by atoms with Gasteiger partial charge in [-0.25, -0.2) is 0 Å². The van der Waals surface area contributed by atoms with E-state index in [1.807, 2.05) is 20.0 Å². The topological polar surface area (TPSA) is 93.2 Å². The van der Waals surface area contributed by atoms with Gasteiger partial charge in [0.2, 0.25) is 5.91 Å². The molecule has 96 valence electrons. The average Bonchev–Trinajstić information content (AvgIpc) is 2.62. The zero-order valence-corrected chi connectivity index (χ0v) is 10.3. The second-order valence-electron chi connectivity index (χ2n) is 4.72. The lowest BCUT2D eigenvalue weighted by molar-refractivity contribution is -0.119. The van der Waals surface area contributed by atoms with E-state index in [-0.39, 0.29) is 24.5 Å². The van der Waals surface area contributed by atoms with Crippen molar-refractivity contribution in [2.75, 3.05) is 6.61 Å². The van der Waals surface area contributed by atoms with Gasteiger partial charge < -0.3 is 16.2 Å². The highest BCUT2D eigenvalue weighted by Gasteiger charge is 2.19. The molecule has 1 aromatic heterocycles. The Morgan fingerprint density at radius 2 is 2.35 bits per heavy atom. The number of aliphatic hydroxyl groups is 1. The Hall–Kier alpha value is -1.40. The molecule has 1 amide bonds. The van der Waals surface area contributed by atoms with E-state index in [1.54, 1.807) is 10.9 Å². The molecule has 0 aliphatic rings. The standard InChI is InChI=1S/C11H20N4O2/c1-11(2,5-10(12)17)13-6-9-7-14-15(8-9)3-4-16/h7-8,13,16H,3-6H2,1-2H3,(H2,12,17). The molecule has 0 aliphatic heterocycles. The van der Waals surface area contributed by atoms with Crippen LogP contribution in [0.3, 0.4) is 0 Å². The van der Waals surface area contributed by atoms with Gasteiger partial charge in [0.1, 0.15) is 0 Å². The highest BCUT2D eigenvalue weighted by atomic mass is 16.3. The number of carbonyl (C=O) groups excluding carboxylic acids is 1. The number of carbonyl (C=O) groups is 1. The smallest absolute Gasteiger partial charge is 0.219 e. The summed E-state index contributed by atoms with van der Waals surface area (Å²) in [4.78, 5) is 10.9. The zero-order chi connectivity index (χ0) is 12.9. The number of nitrogens with one attached hydrogen (secondary N) is 1. The second kappa shape index (κ2) is 5.79. The molecule has 1 aromatic rings. The summed E-state index contributed by atoms with van der Waals surface area (Å²) in [6.07, 6.45) is 3.89. The van der Waals surface area contributed by atoms with Crippen LogP contribution in [0.5, 0.6) is 0 Å². The first-order valence-corrected chi connectivity index (χ1v) is 5.58. The third kappa shape index (κ3) is 4.97. The second-order valence-corrected chi connectivity index (χ2v) is 4.72. The van der Waals surface area contributed by atoms with Crippen LogP contribution in [0.15, 0.2) is 12.4 Å². The maximum Gasteiger partial charge on any atom is 0.219 e. The zero-order valence-electron chi connectivity index (χ0n) is 10.3. The molecule has 17 heavy (non-hydrogen) atoms. The van der Waals surface area contributed by atoms with E-state index >= 15 is 0 Å². The van der Waals surface area contributed by atoms with Crippen molar-refractivity contribution in [3.63, 3.8) is 0 Å². The number of hydrogen-bond donors (Lipinski definition) is 3. The minimum atomic E-state index is -0.328. The van der Waals surface area contributed by atoms with Crippen LogP contribution in [0.4, 0.5) is 0 Å². The van der Waals surface area contributed by atoms with Gasteiger partial charge in [0.15, 0.2) is 0 Å². The van der Waals surface area contributed by atoms with Crippen LogP contribution < -0.4 is 11.1 Å². The van der Waals surface area contributed by atoms with Gasteiger partial charge in [-0.2, -0.15) is 5.10 Å². The summed E-state index contributed by atoms with van der Waals surface area (Å²) in [5, 5.41) is 16.1. The van der Waals surface area contributed by atoms with E-state index in [2.05, 4.69) is 10.4 Å². The average molecular weight is 240 g/mol. The predicted octanol–water partition coefficient (Wildman–Crippen LogP) is -0.381. The van der Waals surface area contributed by atoms with Gasteiger partial charge in [-0.05, 0) is 13.8 Å². The van der Waals surface area contributed by atoms with E-state index in [9.17, 15) is 4.79 Å². The number of nitrogens with zero attached hydrogens (tertiary/aromatic N) is 2. The minimum Gasteiger partial charge on any atom is -0.394 e. The molecule has 0 spiro atoms. The molecule has 6 nitrogen and oxygen atoms in total. The summed E-state index contributed by atoms with van der Waals surface area (Å²) in [5.41, 5.74) is 5.85. The monoisotopic (exact) mass is 240 g/mol. The lowest BCUT2D eigenvalue weighted by atomic mass is 10.0. The largest absolute Gasteiger partial charge is 0.394 e. The van der Waals surface area contributed by atoms with Gasteiger partial charge in [-0.1, -0.05) is 0 Å². The van der Waals surface area contributed by atoms with Crippen molar-refractivity contribution in [3.8, 4) is 0 Å². The maximum absolute atomic E-state index is 10.9. The Labute approximate surface area is 101 Å². The molecule has 6 heteroatoms. The fourth-order valence-corrected chi connectivity index (χ4v) is 1.56. The number of nitrogens with two attached hydrogens (primary N) is 1. The van der Waals surface area contributed by atoms with E-state index in [0.717, 1.165) is 5.56 Å².